The molecule has 3 atom stereocenters. The van der Waals surface area contributed by atoms with Crippen LogP contribution in [0.25, 0.3) is 0 Å². The molecule has 0 radical (unpaired) electrons. The highest BCUT2D eigenvalue weighted by Crippen LogP contribution is 2.23. The second-order valence-electron chi connectivity index (χ2n) is 5.38. The van der Waals surface area contributed by atoms with Crippen LogP contribution in [0.1, 0.15) is 58.8 Å². The van der Waals surface area contributed by atoms with Crippen LogP contribution in [0.2, 0.25) is 0 Å². The van der Waals surface area contributed by atoms with Gasteiger partial charge in [-0.15, -0.1) is 0 Å². The lowest BCUT2D eigenvalue weighted by atomic mass is 9.88. The van der Waals surface area contributed by atoms with Crippen molar-refractivity contribution in [1.82, 2.24) is 0 Å². The topological polar surface area (TPSA) is 35.2 Å². The lowest BCUT2D eigenvalue weighted by Crippen LogP contribution is -2.26. The van der Waals surface area contributed by atoms with Gasteiger partial charge in [0.05, 0.1) is 0 Å². The monoisotopic (exact) mass is 227 g/mol. The summed E-state index contributed by atoms with van der Waals surface area (Å²) in [6, 6.07) is 0.397. The predicted octanol–water partition coefficient (Wildman–Crippen LogP) is 3.35. The molecule has 2 N–H and O–H groups in total. The third-order valence-corrected chi connectivity index (χ3v) is 3.84. The maximum absolute atomic E-state index is 6.25. The molecule has 1 aliphatic rings. The summed E-state index contributed by atoms with van der Waals surface area (Å²) in [5, 5.41) is 0. The predicted molar refractivity (Wildman–Crippen MR) is 69.4 cm³/mol. The van der Waals surface area contributed by atoms with E-state index in [4.69, 9.17) is 10.5 Å². The number of ether oxygens (including phenoxy) is 1. The Morgan fingerprint density at radius 2 is 2.19 bits per heavy atom. The summed E-state index contributed by atoms with van der Waals surface area (Å²) in [5.74, 6) is 1.58. The van der Waals surface area contributed by atoms with E-state index in [0.717, 1.165) is 25.0 Å². The van der Waals surface area contributed by atoms with Crippen LogP contribution in [0.3, 0.4) is 0 Å². The molecular formula is C14H29NO. The Labute approximate surface area is 101 Å². The molecule has 3 unspecified atom stereocenters. The zero-order valence-corrected chi connectivity index (χ0v) is 11.1. The molecule has 0 spiro atoms. The van der Waals surface area contributed by atoms with Crippen molar-refractivity contribution in [3.05, 3.63) is 0 Å². The summed E-state index contributed by atoms with van der Waals surface area (Å²) < 4.78 is 5.40. The first-order valence-corrected chi connectivity index (χ1v) is 7.09. The van der Waals surface area contributed by atoms with E-state index < -0.39 is 0 Å². The van der Waals surface area contributed by atoms with Gasteiger partial charge in [0.15, 0.2) is 0 Å². The maximum atomic E-state index is 6.25. The molecule has 0 aromatic rings. The molecule has 0 aromatic heterocycles. The zero-order chi connectivity index (χ0) is 11.8. The van der Waals surface area contributed by atoms with Gasteiger partial charge in [-0.2, -0.15) is 0 Å². The van der Waals surface area contributed by atoms with Crippen molar-refractivity contribution in [2.24, 2.45) is 17.6 Å². The zero-order valence-electron chi connectivity index (χ0n) is 11.1. The van der Waals surface area contributed by atoms with Crippen LogP contribution >= 0.6 is 0 Å². The molecule has 16 heavy (non-hydrogen) atoms. The molecule has 1 rings (SSSR count). The van der Waals surface area contributed by atoms with Crippen LogP contribution in [0.15, 0.2) is 0 Å². The molecule has 0 amide bonds. The van der Waals surface area contributed by atoms with Crippen LogP contribution in [-0.2, 0) is 4.74 Å². The fourth-order valence-electron chi connectivity index (χ4n) is 2.70. The Hall–Kier alpha value is -0.0800. The molecular weight excluding hydrogens is 198 g/mol. The fourth-order valence-corrected chi connectivity index (χ4v) is 2.70. The van der Waals surface area contributed by atoms with Crippen LogP contribution in [0.4, 0.5) is 0 Å². The first-order valence-electron chi connectivity index (χ1n) is 7.09. The van der Waals surface area contributed by atoms with Crippen molar-refractivity contribution >= 4 is 0 Å². The first-order chi connectivity index (χ1) is 7.76. The average Bonchev–Trinajstić information content (AvgIpc) is 2.76. The molecule has 1 aliphatic heterocycles. The SMILES string of the molecule is CCCCC(CC)CC(N)CC1CCOC1. The fraction of sp³-hybridized carbons (Fsp3) is 1.00. The smallest absolute Gasteiger partial charge is 0.0495 e. The van der Waals surface area contributed by atoms with E-state index in [-0.39, 0.29) is 0 Å². The van der Waals surface area contributed by atoms with Gasteiger partial charge in [0.1, 0.15) is 0 Å². The van der Waals surface area contributed by atoms with Crippen LogP contribution in [0, 0.1) is 11.8 Å². The van der Waals surface area contributed by atoms with E-state index in [1.807, 2.05) is 0 Å². The summed E-state index contributed by atoms with van der Waals surface area (Å²) >= 11 is 0. The highest BCUT2D eigenvalue weighted by atomic mass is 16.5. The quantitative estimate of drug-likeness (QED) is 0.690. The van der Waals surface area contributed by atoms with Crippen molar-refractivity contribution in [1.29, 1.82) is 0 Å². The minimum atomic E-state index is 0.397. The van der Waals surface area contributed by atoms with E-state index in [1.165, 1.54) is 44.9 Å². The number of unbranched alkanes of at least 4 members (excludes halogenated alkanes) is 1. The minimum Gasteiger partial charge on any atom is -0.381 e. The van der Waals surface area contributed by atoms with E-state index in [0.29, 0.717) is 6.04 Å². The van der Waals surface area contributed by atoms with Crippen molar-refractivity contribution in [3.8, 4) is 0 Å². The van der Waals surface area contributed by atoms with Gasteiger partial charge in [-0.25, -0.2) is 0 Å². The lowest BCUT2D eigenvalue weighted by molar-refractivity contribution is 0.181. The van der Waals surface area contributed by atoms with E-state index in [2.05, 4.69) is 13.8 Å². The van der Waals surface area contributed by atoms with Crippen LogP contribution in [0.5, 0.6) is 0 Å². The van der Waals surface area contributed by atoms with Gasteiger partial charge in [0, 0.05) is 19.3 Å². The minimum absolute atomic E-state index is 0.397. The number of nitrogens with two attached hydrogens (primary N) is 1. The van der Waals surface area contributed by atoms with Gasteiger partial charge in [-0.05, 0) is 31.1 Å². The van der Waals surface area contributed by atoms with Gasteiger partial charge >= 0.3 is 0 Å². The first kappa shape index (κ1) is 14.0. The van der Waals surface area contributed by atoms with Crippen molar-refractivity contribution in [2.75, 3.05) is 13.2 Å². The molecule has 2 heteroatoms. The third-order valence-electron chi connectivity index (χ3n) is 3.84. The Kier molecular flexibility index (Phi) is 7.06. The molecule has 1 saturated heterocycles. The summed E-state index contributed by atoms with van der Waals surface area (Å²) in [4.78, 5) is 0. The molecule has 0 aliphatic carbocycles. The average molecular weight is 227 g/mol. The number of rotatable bonds is 8. The van der Waals surface area contributed by atoms with Gasteiger partial charge in [-0.3, -0.25) is 0 Å². The van der Waals surface area contributed by atoms with Gasteiger partial charge in [0.2, 0.25) is 0 Å². The van der Waals surface area contributed by atoms with E-state index >= 15 is 0 Å². The third kappa shape index (κ3) is 5.31. The summed E-state index contributed by atoms with van der Waals surface area (Å²) in [7, 11) is 0. The van der Waals surface area contributed by atoms with Gasteiger partial charge in [0.25, 0.3) is 0 Å². The molecule has 1 heterocycles. The molecule has 0 saturated carbocycles. The second-order valence-corrected chi connectivity index (χ2v) is 5.38. The highest BCUT2D eigenvalue weighted by molar-refractivity contribution is 4.74. The molecule has 0 aromatic carbocycles. The number of hydrogen-bond donors (Lipinski definition) is 1. The van der Waals surface area contributed by atoms with Gasteiger partial charge < -0.3 is 10.5 Å². The highest BCUT2D eigenvalue weighted by Gasteiger charge is 2.20. The van der Waals surface area contributed by atoms with Crippen molar-refractivity contribution < 1.29 is 4.74 Å². The second kappa shape index (κ2) is 8.08. The Morgan fingerprint density at radius 3 is 2.75 bits per heavy atom. The van der Waals surface area contributed by atoms with Crippen molar-refractivity contribution in [2.45, 2.75) is 64.8 Å². The maximum Gasteiger partial charge on any atom is 0.0495 e. The normalized spacial score (nSPS) is 24.6. The van der Waals surface area contributed by atoms with Crippen molar-refractivity contribution in [3.63, 3.8) is 0 Å². The van der Waals surface area contributed by atoms with E-state index in [9.17, 15) is 0 Å². The van der Waals surface area contributed by atoms with Crippen LogP contribution in [-0.4, -0.2) is 19.3 Å². The largest absolute Gasteiger partial charge is 0.381 e. The summed E-state index contributed by atoms with van der Waals surface area (Å²) in [5.41, 5.74) is 6.25. The van der Waals surface area contributed by atoms with E-state index in [1.54, 1.807) is 0 Å². The standard InChI is InChI=1S/C14H29NO/c1-3-5-6-12(4-2)9-14(15)10-13-7-8-16-11-13/h12-14H,3-11,15H2,1-2H3. The van der Waals surface area contributed by atoms with Crippen LogP contribution < -0.4 is 5.73 Å². The Morgan fingerprint density at radius 1 is 1.38 bits per heavy atom. The number of hydrogen-bond acceptors (Lipinski definition) is 2. The molecule has 1 fully saturated rings. The summed E-state index contributed by atoms with van der Waals surface area (Å²) in [6.45, 7) is 6.46. The summed E-state index contributed by atoms with van der Waals surface area (Å²) in [6.07, 6.45) is 8.92. The molecule has 2 nitrogen and oxygen atoms in total. The Balaban J connectivity index is 2.16. The lowest BCUT2D eigenvalue weighted by Gasteiger charge is -2.21. The molecule has 0 bridgehead atoms. The Bertz CT molecular complexity index is 166. The van der Waals surface area contributed by atoms with Gasteiger partial charge in [-0.1, -0.05) is 39.5 Å². The molecule has 96 valence electrons.